The Kier molecular flexibility index (Phi) is 6.52. The molecule has 0 spiro atoms. The van der Waals surface area contributed by atoms with Gasteiger partial charge < -0.3 is 15.1 Å². The van der Waals surface area contributed by atoms with Crippen LogP contribution in [0.2, 0.25) is 0 Å². The van der Waals surface area contributed by atoms with Crippen LogP contribution < -0.4 is 5.32 Å². The predicted octanol–water partition coefficient (Wildman–Crippen LogP) is 2.36. The first kappa shape index (κ1) is 19.9. The van der Waals surface area contributed by atoms with Crippen molar-refractivity contribution in [2.45, 2.75) is 45.6 Å². The van der Waals surface area contributed by atoms with Crippen molar-refractivity contribution in [2.75, 3.05) is 26.2 Å². The van der Waals surface area contributed by atoms with Gasteiger partial charge in [-0.15, -0.1) is 11.3 Å². The highest BCUT2D eigenvalue weighted by Gasteiger charge is 2.37. The quantitative estimate of drug-likeness (QED) is 0.838. The van der Waals surface area contributed by atoms with Crippen LogP contribution in [0.1, 0.15) is 49.2 Å². The first-order chi connectivity index (χ1) is 13.0. The second kappa shape index (κ2) is 8.87. The molecule has 1 atom stereocenters. The van der Waals surface area contributed by atoms with E-state index in [0.29, 0.717) is 18.0 Å². The van der Waals surface area contributed by atoms with Crippen LogP contribution in [0.4, 0.5) is 0 Å². The lowest BCUT2D eigenvalue weighted by atomic mass is 9.88. The molecule has 2 aliphatic heterocycles. The van der Waals surface area contributed by atoms with E-state index in [1.807, 2.05) is 35.1 Å². The van der Waals surface area contributed by atoms with Gasteiger partial charge in [-0.2, -0.15) is 0 Å². The van der Waals surface area contributed by atoms with Gasteiger partial charge in [-0.3, -0.25) is 14.4 Å². The van der Waals surface area contributed by atoms with Crippen molar-refractivity contribution >= 4 is 29.1 Å². The molecule has 0 aliphatic carbocycles. The summed E-state index contributed by atoms with van der Waals surface area (Å²) in [6.45, 7) is 6.68. The summed E-state index contributed by atoms with van der Waals surface area (Å²) in [4.78, 5) is 42.3. The molecule has 1 aromatic heterocycles. The van der Waals surface area contributed by atoms with Crippen molar-refractivity contribution in [1.82, 2.24) is 15.1 Å². The second-order valence-corrected chi connectivity index (χ2v) is 8.73. The van der Waals surface area contributed by atoms with Crippen molar-refractivity contribution in [3.05, 3.63) is 22.4 Å². The van der Waals surface area contributed by atoms with E-state index < -0.39 is 6.04 Å². The van der Waals surface area contributed by atoms with E-state index in [1.54, 1.807) is 6.07 Å². The first-order valence-electron chi connectivity index (χ1n) is 9.89. The molecule has 1 N–H and O–H groups in total. The third kappa shape index (κ3) is 4.69. The Morgan fingerprint density at radius 3 is 2.22 bits per heavy atom. The molecule has 2 saturated heterocycles. The molecule has 27 heavy (non-hydrogen) atoms. The predicted molar refractivity (Wildman–Crippen MR) is 106 cm³/mol. The van der Waals surface area contributed by atoms with Crippen LogP contribution >= 0.6 is 11.3 Å². The van der Waals surface area contributed by atoms with E-state index >= 15 is 0 Å². The third-order valence-corrected chi connectivity index (χ3v) is 6.40. The molecule has 2 fully saturated rings. The maximum absolute atomic E-state index is 13.1. The Morgan fingerprint density at radius 2 is 1.67 bits per heavy atom. The number of carbonyl (C=O) groups is 3. The van der Waals surface area contributed by atoms with Gasteiger partial charge in [-0.1, -0.05) is 19.9 Å². The van der Waals surface area contributed by atoms with Gasteiger partial charge in [-0.05, 0) is 43.0 Å². The molecular weight excluding hydrogens is 362 g/mol. The molecule has 0 saturated carbocycles. The fraction of sp³-hybridized carbons (Fsp3) is 0.650. The summed E-state index contributed by atoms with van der Waals surface area (Å²) in [5.74, 6) is 0.0769. The summed E-state index contributed by atoms with van der Waals surface area (Å²) in [5, 5.41) is 4.87. The van der Waals surface area contributed by atoms with Gasteiger partial charge in [0.05, 0.1) is 4.88 Å². The normalized spacial score (nSPS) is 19.4. The number of nitrogens with zero attached hydrogens (tertiary/aromatic N) is 2. The van der Waals surface area contributed by atoms with Crippen molar-refractivity contribution in [2.24, 2.45) is 11.8 Å². The Labute approximate surface area is 164 Å². The number of nitrogens with one attached hydrogen (secondary N) is 1. The van der Waals surface area contributed by atoms with Crippen LogP contribution in [0.3, 0.4) is 0 Å². The molecule has 3 heterocycles. The smallest absolute Gasteiger partial charge is 0.262 e. The molecule has 148 valence electrons. The number of piperidine rings is 1. The maximum Gasteiger partial charge on any atom is 0.262 e. The summed E-state index contributed by atoms with van der Waals surface area (Å²) in [6, 6.07) is 3.11. The molecule has 0 unspecified atom stereocenters. The Hall–Kier alpha value is -1.89. The average molecular weight is 392 g/mol. The van der Waals surface area contributed by atoms with E-state index in [9.17, 15) is 14.4 Å². The monoisotopic (exact) mass is 391 g/mol. The minimum atomic E-state index is -0.506. The van der Waals surface area contributed by atoms with Crippen LogP contribution in [-0.4, -0.2) is 59.7 Å². The Balaban J connectivity index is 1.69. The zero-order valence-corrected chi connectivity index (χ0v) is 17.0. The number of hydrogen-bond acceptors (Lipinski definition) is 4. The Bertz CT molecular complexity index is 660. The summed E-state index contributed by atoms with van der Waals surface area (Å²) in [6.07, 6.45) is 3.54. The fourth-order valence-corrected chi connectivity index (χ4v) is 4.58. The molecule has 6 nitrogen and oxygen atoms in total. The zero-order valence-electron chi connectivity index (χ0n) is 16.1. The number of amides is 3. The number of hydrogen-bond donors (Lipinski definition) is 1. The van der Waals surface area contributed by atoms with Gasteiger partial charge in [0.25, 0.3) is 5.91 Å². The lowest BCUT2D eigenvalue weighted by Gasteiger charge is -2.37. The topological polar surface area (TPSA) is 69.7 Å². The maximum atomic E-state index is 13.1. The lowest BCUT2D eigenvalue weighted by Crippen LogP contribution is -2.54. The molecular formula is C20H29N3O3S. The minimum Gasteiger partial charge on any atom is -0.342 e. The largest absolute Gasteiger partial charge is 0.342 e. The molecule has 1 aromatic rings. The van der Waals surface area contributed by atoms with Crippen LogP contribution in [0.25, 0.3) is 0 Å². The van der Waals surface area contributed by atoms with Gasteiger partial charge in [0, 0.05) is 32.1 Å². The van der Waals surface area contributed by atoms with Gasteiger partial charge in [-0.25, -0.2) is 0 Å². The molecule has 2 aliphatic rings. The highest BCUT2D eigenvalue weighted by Crippen LogP contribution is 2.25. The third-order valence-electron chi connectivity index (χ3n) is 5.53. The number of thiophene rings is 1. The van der Waals surface area contributed by atoms with Gasteiger partial charge in [0.2, 0.25) is 11.8 Å². The molecule has 7 heteroatoms. The van der Waals surface area contributed by atoms with Gasteiger partial charge in [0.15, 0.2) is 0 Å². The molecule has 3 amide bonds. The van der Waals surface area contributed by atoms with E-state index in [4.69, 9.17) is 0 Å². The van der Waals surface area contributed by atoms with E-state index in [0.717, 1.165) is 38.8 Å². The van der Waals surface area contributed by atoms with Crippen molar-refractivity contribution in [3.8, 4) is 0 Å². The van der Waals surface area contributed by atoms with Crippen LogP contribution in [0.15, 0.2) is 17.5 Å². The standard InChI is InChI=1S/C20H29N3O3S/c1-14(2)19(25)23-11-7-15(8-12-23)17(20(26)22-9-3-4-10-22)21-18(24)16-6-5-13-27-16/h5-6,13-15,17H,3-4,7-12H2,1-2H3,(H,21,24)/t17-/m0/s1. The SMILES string of the molecule is CC(C)C(=O)N1CCC([C@H](NC(=O)c2cccs2)C(=O)N2CCCC2)CC1. The zero-order chi connectivity index (χ0) is 19.4. The molecule has 0 radical (unpaired) electrons. The minimum absolute atomic E-state index is 0.0119. The molecule has 0 bridgehead atoms. The van der Waals surface area contributed by atoms with E-state index in [1.165, 1.54) is 11.3 Å². The summed E-state index contributed by atoms with van der Waals surface area (Å²) in [5.41, 5.74) is 0. The van der Waals surface area contributed by atoms with Crippen LogP contribution in [0.5, 0.6) is 0 Å². The highest BCUT2D eigenvalue weighted by atomic mass is 32.1. The van der Waals surface area contributed by atoms with Crippen molar-refractivity contribution < 1.29 is 14.4 Å². The average Bonchev–Trinajstić information content (AvgIpc) is 3.39. The van der Waals surface area contributed by atoms with Gasteiger partial charge in [0.1, 0.15) is 6.04 Å². The molecule has 3 rings (SSSR count). The summed E-state index contributed by atoms with van der Waals surface area (Å²) >= 11 is 1.38. The second-order valence-electron chi connectivity index (χ2n) is 7.78. The van der Waals surface area contributed by atoms with E-state index in [-0.39, 0.29) is 29.6 Å². The lowest BCUT2D eigenvalue weighted by molar-refractivity contribution is -0.137. The van der Waals surface area contributed by atoms with Crippen LogP contribution in [0, 0.1) is 11.8 Å². The first-order valence-corrected chi connectivity index (χ1v) is 10.8. The van der Waals surface area contributed by atoms with Gasteiger partial charge >= 0.3 is 0 Å². The fourth-order valence-electron chi connectivity index (χ4n) is 3.95. The molecule has 0 aromatic carbocycles. The summed E-state index contributed by atoms with van der Waals surface area (Å²) < 4.78 is 0. The Morgan fingerprint density at radius 1 is 1.04 bits per heavy atom. The van der Waals surface area contributed by atoms with E-state index in [2.05, 4.69) is 5.32 Å². The number of rotatable bonds is 5. The van der Waals surface area contributed by atoms with Crippen molar-refractivity contribution in [1.29, 1.82) is 0 Å². The number of carbonyl (C=O) groups excluding carboxylic acids is 3. The number of likely N-dealkylation sites (tertiary alicyclic amines) is 2. The van der Waals surface area contributed by atoms with Crippen molar-refractivity contribution in [3.63, 3.8) is 0 Å². The highest BCUT2D eigenvalue weighted by molar-refractivity contribution is 7.12. The summed E-state index contributed by atoms with van der Waals surface area (Å²) in [7, 11) is 0. The van der Waals surface area contributed by atoms with Crippen LogP contribution in [-0.2, 0) is 9.59 Å².